The van der Waals surface area contributed by atoms with Crippen molar-refractivity contribution in [3.05, 3.63) is 17.3 Å². The molecule has 0 saturated carbocycles. The Balaban J connectivity index is 1.77. The topological polar surface area (TPSA) is 62.7 Å². The summed E-state index contributed by atoms with van der Waals surface area (Å²) in [5, 5.41) is 9.96. The van der Waals surface area contributed by atoms with Crippen molar-refractivity contribution in [2.45, 2.75) is 63.3 Å². The quantitative estimate of drug-likeness (QED) is 0.400. The van der Waals surface area contributed by atoms with Gasteiger partial charge in [-0.1, -0.05) is 44.7 Å². The van der Waals surface area contributed by atoms with Crippen LogP contribution in [0.2, 0.25) is 5.02 Å². The van der Waals surface area contributed by atoms with E-state index in [9.17, 15) is 9.90 Å². The van der Waals surface area contributed by atoms with Gasteiger partial charge in [-0.2, -0.15) is 0 Å². The Bertz CT molecular complexity index is 601. The summed E-state index contributed by atoms with van der Waals surface area (Å²) in [6.45, 7) is 5.81. The number of halogens is 1. The smallest absolute Gasteiger partial charge is 0.306 e. The van der Waals surface area contributed by atoms with E-state index in [2.05, 4.69) is 18.8 Å². The normalized spacial score (nSPS) is 17.5. The van der Waals surface area contributed by atoms with Crippen LogP contribution in [0.5, 0.6) is 0 Å². The molecule has 0 amide bonds. The molecular weight excluding hydrogens is 384 g/mol. The van der Waals surface area contributed by atoms with Crippen LogP contribution in [-0.4, -0.2) is 47.6 Å². The van der Waals surface area contributed by atoms with Crippen LogP contribution in [0.25, 0.3) is 0 Å². The van der Waals surface area contributed by atoms with Gasteiger partial charge in [-0.05, 0) is 24.8 Å². The van der Waals surface area contributed by atoms with E-state index in [0.717, 1.165) is 36.5 Å². The van der Waals surface area contributed by atoms with Crippen molar-refractivity contribution in [3.63, 3.8) is 0 Å². The Kier molecular flexibility index (Phi) is 9.73. The van der Waals surface area contributed by atoms with Crippen molar-refractivity contribution in [3.8, 4) is 0 Å². The van der Waals surface area contributed by atoms with Crippen molar-refractivity contribution in [1.29, 1.82) is 0 Å². The second-order valence-corrected chi connectivity index (χ2v) is 8.48. The molecule has 2 heterocycles. The Morgan fingerprint density at radius 2 is 2.33 bits per heavy atom. The second-order valence-electron chi connectivity index (χ2n) is 6.96. The molecular formula is C20H31ClN2O3S. The van der Waals surface area contributed by atoms with Gasteiger partial charge in [-0.25, -0.2) is 4.98 Å². The minimum absolute atomic E-state index is 0.101. The van der Waals surface area contributed by atoms with Gasteiger partial charge in [0.15, 0.2) is 0 Å². The number of rotatable bonds is 12. The van der Waals surface area contributed by atoms with Gasteiger partial charge in [0.05, 0.1) is 30.7 Å². The molecule has 0 aromatic carbocycles. The van der Waals surface area contributed by atoms with Gasteiger partial charge in [0.2, 0.25) is 0 Å². The van der Waals surface area contributed by atoms with Gasteiger partial charge in [0.1, 0.15) is 5.82 Å². The van der Waals surface area contributed by atoms with Gasteiger partial charge in [0.25, 0.3) is 0 Å². The van der Waals surface area contributed by atoms with Crippen LogP contribution >= 0.6 is 23.4 Å². The van der Waals surface area contributed by atoms with Crippen LogP contribution in [0, 0.1) is 5.92 Å². The Hall–Kier alpha value is -0.980. The lowest BCUT2D eigenvalue weighted by molar-refractivity contribution is -0.144. The fourth-order valence-corrected chi connectivity index (χ4v) is 4.31. The molecule has 2 rings (SSSR count). The summed E-state index contributed by atoms with van der Waals surface area (Å²) in [6, 6.07) is 1.97. The summed E-state index contributed by atoms with van der Waals surface area (Å²) in [6.07, 6.45) is 7.57. The summed E-state index contributed by atoms with van der Waals surface area (Å²) >= 11 is 8.04. The van der Waals surface area contributed by atoms with E-state index in [1.807, 2.05) is 11.0 Å². The number of anilines is 1. The van der Waals surface area contributed by atoms with Crippen LogP contribution in [0.15, 0.2) is 17.2 Å². The van der Waals surface area contributed by atoms with Crippen molar-refractivity contribution in [1.82, 2.24) is 4.98 Å². The Labute approximate surface area is 171 Å². The Morgan fingerprint density at radius 3 is 2.96 bits per heavy atom. The molecule has 1 unspecified atom stereocenters. The number of hydrogen-bond acceptors (Lipinski definition) is 6. The third-order valence-corrected chi connectivity index (χ3v) is 6.59. The van der Waals surface area contributed by atoms with Crippen LogP contribution in [0.3, 0.4) is 0 Å². The molecule has 152 valence electrons. The number of aromatic nitrogens is 1. The monoisotopic (exact) mass is 414 g/mol. The van der Waals surface area contributed by atoms with E-state index in [-0.39, 0.29) is 18.6 Å². The van der Waals surface area contributed by atoms with E-state index in [0.29, 0.717) is 29.7 Å². The number of thioether (sulfide) groups is 1. The predicted molar refractivity (Wildman–Crippen MR) is 112 cm³/mol. The molecule has 5 nitrogen and oxygen atoms in total. The molecule has 0 bridgehead atoms. The molecule has 0 aliphatic carbocycles. The molecule has 2 atom stereocenters. The Morgan fingerprint density at radius 1 is 1.52 bits per heavy atom. The highest BCUT2D eigenvalue weighted by molar-refractivity contribution is 7.99. The number of aliphatic hydroxyl groups excluding tert-OH is 1. The summed E-state index contributed by atoms with van der Waals surface area (Å²) in [7, 11) is 0. The largest absolute Gasteiger partial charge is 0.465 e. The zero-order chi connectivity index (χ0) is 19.6. The standard InChI is InChI=1S/C20H31ClN2O3S/c1-3-5-6-15(4-2)14-26-18(25)9-12-27-17-7-10-22-20(19(17)21)23-11-8-16(23)13-24/h7,10,15-16,24H,3-6,8-9,11-14H2,1-2H3/t15?,16-/m0/s1. The molecule has 27 heavy (non-hydrogen) atoms. The summed E-state index contributed by atoms with van der Waals surface area (Å²) in [4.78, 5) is 19.3. The first-order chi connectivity index (χ1) is 13.1. The fourth-order valence-electron chi connectivity index (χ4n) is 3.06. The number of unbranched alkanes of at least 4 members (excludes halogenated alkanes) is 1. The molecule has 1 aromatic rings. The highest BCUT2D eigenvalue weighted by atomic mass is 35.5. The van der Waals surface area contributed by atoms with Gasteiger partial charge in [-0.15, -0.1) is 11.8 Å². The molecule has 1 aliphatic rings. The molecule has 1 N–H and O–H groups in total. The molecule has 0 spiro atoms. The van der Waals surface area contributed by atoms with Gasteiger partial charge < -0.3 is 14.7 Å². The van der Waals surface area contributed by atoms with Crippen LogP contribution < -0.4 is 4.90 Å². The second kappa shape index (κ2) is 11.8. The van der Waals surface area contributed by atoms with Crippen molar-refractivity contribution in [2.24, 2.45) is 5.92 Å². The predicted octanol–water partition coefficient (Wildman–Crippen LogP) is 4.55. The number of ether oxygens (including phenoxy) is 1. The number of pyridine rings is 1. The zero-order valence-corrected chi connectivity index (χ0v) is 17.9. The summed E-state index contributed by atoms with van der Waals surface area (Å²) < 4.78 is 5.44. The van der Waals surface area contributed by atoms with Crippen molar-refractivity contribution in [2.75, 3.05) is 30.4 Å². The lowest BCUT2D eigenvalue weighted by Crippen LogP contribution is -2.50. The lowest BCUT2D eigenvalue weighted by atomic mass is 10.0. The van der Waals surface area contributed by atoms with E-state index in [1.54, 1.807) is 18.0 Å². The number of carbonyl (C=O) groups is 1. The molecule has 1 saturated heterocycles. The molecule has 1 aromatic heterocycles. The molecule has 1 fully saturated rings. The average molecular weight is 415 g/mol. The number of hydrogen-bond donors (Lipinski definition) is 1. The average Bonchev–Trinajstić information content (AvgIpc) is 2.64. The first-order valence-corrected chi connectivity index (χ1v) is 11.3. The highest BCUT2D eigenvalue weighted by Gasteiger charge is 2.30. The lowest BCUT2D eigenvalue weighted by Gasteiger charge is -2.41. The number of carbonyl (C=O) groups excluding carboxylic acids is 1. The van der Waals surface area contributed by atoms with Gasteiger partial charge in [0, 0.05) is 23.4 Å². The third-order valence-electron chi connectivity index (χ3n) is 5.05. The van der Waals surface area contributed by atoms with Crippen LogP contribution in [-0.2, 0) is 9.53 Å². The molecule has 1 aliphatic heterocycles. The van der Waals surface area contributed by atoms with Gasteiger partial charge in [-0.3, -0.25) is 4.79 Å². The van der Waals surface area contributed by atoms with Crippen LogP contribution in [0.1, 0.15) is 52.4 Å². The number of nitrogens with zero attached hydrogens (tertiary/aromatic N) is 2. The maximum Gasteiger partial charge on any atom is 0.306 e. The first kappa shape index (κ1) is 22.3. The first-order valence-electron chi connectivity index (χ1n) is 9.91. The van der Waals surface area contributed by atoms with E-state index < -0.39 is 0 Å². The maximum atomic E-state index is 12.0. The summed E-state index contributed by atoms with van der Waals surface area (Å²) in [5.41, 5.74) is 0. The zero-order valence-electron chi connectivity index (χ0n) is 16.3. The molecule has 7 heteroatoms. The molecule has 0 radical (unpaired) electrons. The van der Waals surface area contributed by atoms with Gasteiger partial charge >= 0.3 is 5.97 Å². The van der Waals surface area contributed by atoms with E-state index in [1.165, 1.54) is 12.8 Å². The minimum atomic E-state index is -0.147. The van der Waals surface area contributed by atoms with Crippen LogP contribution in [0.4, 0.5) is 5.82 Å². The highest BCUT2D eigenvalue weighted by Crippen LogP contribution is 2.37. The minimum Gasteiger partial charge on any atom is -0.465 e. The van der Waals surface area contributed by atoms with E-state index >= 15 is 0 Å². The van der Waals surface area contributed by atoms with Crippen molar-refractivity contribution >= 4 is 35.1 Å². The third kappa shape index (κ3) is 6.54. The maximum absolute atomic E-state index is 12.0. The fraction of sp³-hybridized carbons (Fsp3) is 0.700. The summed E-state index contributed by atoms with van der Waals surface area (Å²) in [5.74, 6) is 1.66. The van der Waals surface area contributed by atoms with Crippen molar-refractivity contribution < 1.29 is 14.6 Å². The number of esters is 1. The SMILES string of the molecule is CCCCC(CC)COC(=O)CCSc1ccnc(N2CC[C@H]2CO)c1Cl. The van der Waals surface area contributed by atoms with E-state index in [4.69, 9.17) is 16.3 Å². The number of aliphatic hydroxyl groups is 1.